The van der Waals surface area contributed by atoms with Crippen molar-refractivity contribution in [1.82, 2.24) is 15.6 Å². The zero-order chi connectivity index (χ0) is 12.1. The maximum atomic E-state index is 11.8. The van der Waals surface area contributed by atoms with Gasteiger partial charge in [-0.3, -0.25) is 9.78 Å². The Labute approximate surface area is 102 Å². The van der Waals surface area contributed by atoms with Crippen LogP contribution in [0.15, 0.2) is 18.3 Å². The van der Waals surface area contributed by atoms with E-state index in [1.54, 1.807) is 6.20 Å². The van der Waals surface area contributed by atoms with E-state index in [1.807, 2.05) is 19.1 Å². The number of aromatic nitrogens is 1. The van der Waals surface area contributed by atoms with Gasteiger partial charge in [-0.25, -0.2) is 0 Å². The number of hydrogen-bond donors (Lipinski definition) is 2. The van der Waals surface area contributed by atoms with Gasteiger partial charge < -0.3 is 10.6 Å². The Bertz CT molecular complexity index is 369. The van der Waals surface area contributed by atoms with Crippen LogP contribution >= 0.6 is 0 Å². The molecule has 0 saturated carbocycles. The molecule has 0 radical (unpaired) electrons. The third-order valence-electron chi connectivity index (χ3n) is 3.00. The van der Waals surface area contributed by atoms with Crippen LogP contribution < -0.4 is 10.6 Å². The fraction of sp³-hybridized carbons (Fsp3) is 0.538. The summed E-state index contributed by atoms with van der Waals surface area (Å²) in [5.74, 6) is 0.0874. The summed E-state index contributed by atoms with van der Waals surface area (Å²) < 4.78 is 0. The number of aryl methyl sites for hydroxylation is 1. The van der Waals surface area contributed by atoms with Gasteiger partial charge in [0.1, 0.15) is 0 Å². The Balaban J connectivity index is 1.82. The molecule has 1 fully saturated rings. The molecule has 0 aliphatic carbocycles. The molecule has 1 unspecified atom stereocenters. The van der Waals surface area contributed by atoms with E-state index in [2.05, 4.69) is 15.6 Å². The van der Waals surface area contributed by atoms with Gasteiger partial charge >= 0.3 is 0 Å². The first-order valence-electron chi connectivity index (χ1n) is 6.15. The largest absolute Gasteiger partial charge is 0.352 e. The van der Waals surface area contributed by atoms with Crippen molar-refractivity contribution in [2.24, 2.45) is 0 Å². The second-order valence-corrected chi connectivity index (χ2v) is 4.60. The number of piperidine rings is 1. The molecule has 1 aromatic heterocycles. The first-order chi connectivity index (χ1) is 8.24. The monoisotopic (exact) mass is 233 g/mol. The average molecular weight is 233 g/mol. The molecule has 1 aliphatic heterocycles. The van der Waals surface area contributed by atoms with Gasteiger partial charge in [0.05, 0.1) is 6.42 Å². The summed E-state index contributed by atoms with van der Waals surface area (Å²) in [6.45, 7) is 3.89. The maximum Gasteiger partial charge on any atom is 0.224 e. The first kappa shape index (κ1) is 12.0. The summed E-state index contributed by atoms with van der Waals surface area (Å²) in [5.41, 5.74) is 1.95. The number of hydrogen-bond acceptors (Lipinski definition) is 3. The lowest BCUT2D eigenvalue weighted by atomic mass is 10.1. The van der Waals surface area contributed by atoms with Gasteiger partial charge in [-0.1, -0.05) is 6.07 Å². The van der Waals surface area contributed by atoms with Crippen molar-refractivity contribution in [3.63, 3.8) is 0 Å². The van der Waals surface area contributed by atoms with Crippen LogP contribution in [0.2, 0.25) is 0 Å². The molecule has 0 spiro atoms. The van der Waals surface area contributed by atoms with E-state index in [0.29, 0.717) is 6.42 Å². The van der Waals surface area contributed by atoms with Crippen molar-refractivity contribution in [1.29, 1.82) is 0 Å². The van der Waals surface area contributed by atoms with E-state index in [9.17, 15) is 4.79 Å². The van der Waals surface area contributed by atoms with E-state index in [-0.39, 0.29) is 11.9 Å². The Kier molecular flexibility index (Phi) is 4.09. The van der Waals surface area contributed by atoms with E-state index >= 15 is 0 Å². The van der Waals surface area contributed by atoms with Crippen molar-refractivity contribution < 1.29 is 4.79 Å². The molecule has 0 aromatic carbocycles. The van der Waals surface area contributed by atoms with Gasteiger partial charge in [-0.2, -0.15) is 0 Å². The quantitative estimate of drug-likeness (QED) is 0.812. The summed E-state index contributed by atoms with van der Waals surface area (Å²) in [7, 11) is 0. The summed E-state index contributed by atoms with van der Waals surface area (Å²) in [4.78, 5) is 16.0. The second kappa shape index (κ2) is 5.77. The molecule has 2 rings (SSSR count). The van der Waals surface area contributed by atoms with Crippen LogP contribution in [0.5, 0.6) is 0 Å². The fourth-order valence-corrected chi connectivity index (χ4v) is 2.04. The number of pyridine rings is 1. The Morgan fingerprint density at radius 2 is 2.47 bits per heavy atom. The third kappa shape index (κ3) is 3.82. The zero-order valence-corrected chi connectivity index (χ0v) is 10.2. The number of nitrogens with zero attached hydrogens (tertiary/aromatic N) is 1. The van der Waals surface area contributed by atoms with Crippen LogP contribution in [0.4, 0.5) is 0 Å². The Morgan fingerprint density at radius 3 is 3.12 bits per heavy atom. The lowest BCUT2D eigenvalue weighted by Gasteiger charge is -2.23. The number of carbonyl (C=O) groups excluding carboxylic acids is 1. The van der Waals surface area contributed by atoms with Crippen LogP contribution in [-0.4, -0.2) is 30.0 Å². The normalized spacial score (nSPS) is 19.9. The molecule has 1 aromatic rings. The SMILES string of the molecule is Cc1ccc(CC(=O)NC2CCCNC2)cn1. The minimum atomic E-state index is 0.0874. The standard InChI is InChI=1S/C13H19N3O/c1-10-4-5-11(8-15-10)7-13(17)16-12-3-2-6-14-9-12/h4-5,8,12,14H,2-3,6-7,9H2,1H3,(H,16,17). The van der Waals surface area contributed by atoms with Crippen LogP contribution in [0.1, 0.15) is 24.1 Å². The summed E-state index contributed by atoms with van der Waals surface area (Å²) in [5, 5.41) is 6.34. The molecular formula is C13H19N3O. The zero-order valence-electron chi connectivity index (χ0n) is 10.2. The van der Waals surface area contributed by atoms with Crippen molar-refractivity contribution in [2.75, 3.05) is 13.1 Å². The van der Waals surface area contributed by atoms with Crippen LogP contribution in [0.25, 0.3) is 0 Å². The number of amides is 1. The van der Waals surface area contributed by atoms with Gasteiger partial charge in [-0.05, 0) is 37.9 Å². The molecule has 1 aliphatic rings. The van der Waals surface area contributed by atoms with E-state index in [0.717, 1.165) is 37.2 Å². The average Bonchev–Trinajstić information content (AvgIpc) is 2.33. The number of nitrogens with one attached hydrogen (secondary N) is 2. The lowest BCUT2D eigenvalue weighted by Crippen LogP contribution is -2.46. The highest BCUT2D eigenvalue weighted by Crippen LogP contribution is 2.03. The summed E-state index contributed by atoms with van der Waals surface area (Å²) >= 11 is 0. The van der Waals surface area contributed by atoms with Crippen LogP contribution in [-0.2, 0) is 11.2 Å². The second-order valence-electron chi connectivity index (χ2n) is 4.60. The Morgan fingerprint density at radius 1 is 1.59 bits per heavy atom. The molecule has 92 valence electrons. The third-order valence-corrected chi connectivity index (χ3v) is 3.00. The smallest absolute Gasteiger partial charge is 0.224 e. The molecular weight excluding hydrogens is 214 g/mol. The molecule has 17 heavy (non-hydrogen) atoms. The predicted octanol–water partition coefficient (Wildman–Crippen LogP) is 0.801. The Hall–Kier alpha value is -1.42. The van der Waals surface area contributed by atoms with Crippen molar-refractivity contribution in [3.8, 4) is 0 Å². The lowest BCUT2D eigenvalue weighted by molar-refractivity contribution is -0.121. The van der Waals surface area contributed by atoms with Crippen LogP contribution in [0, 0.1) is 6.92 Å². The summed E-state index contributed by atoms with van der Waals surface area (Å²) in [6.07, 6.45) is 4.40. The molecule has 2 heterocycles. The highest BCUT2D eigenvalue weighted by atomic mass is 16.1. The minimum absolute atomic E-state index is 0.0874. The molecule has 2 N–H and O–H groups in total. The molecule has 1 saturated heterocycles. The highest BCUT2D eigenvalue weighted by Gasteiger charge is 2.15. The van der Waals surface area contributed by atoms with Gasteiger partial charge in [-0.15, -0.1) is 0 Å². The summed E-state index contributed by atoms with van der Waals surface area (Å²) in [6, 6.07) is 4.18. The van der Waals surface area contributed by atoms with Crippen molar-refractivity contribution >= 4 is 5.91 Å². The van der Waals surface area contributed by atoms with Gasteiger partial charge in [0, 0.05) is 24.5 Å². The molecule has 4 heteroatoms. The van der Waals surface area contributed by atoms with E-state index in [1.165, 1.54) is 0 Å². The fourth-order valence-electron chi connectivity index (χ4n) is 2.04. The van der Waals surface area contributed by atoms with Gasteiger partial charge in [0.15, 0.2) is 0 Å². The van der Waals surface area contributed by atoms with Gasteiger partial charge in [0.25, 0.3) is 0 Å². The maximum absolute atomic E-state index is 11.8. The van der Waals surface area contributed by atoms with Crippen molar-refractivity contribution in [3.05, 3.63) is 29.6 Å². The molecule has 0 bridgehead atoms. The van der Waals surface area contributed by atoms with E-state index < -0.39 is 0 Å². The van der Waals surface area contributed by atoms with E-state index in [4.69, 9.17) is 0 Å². The highest BCUT2D eigenvalue weighted by molar-refractivity contribution is 5.78. The first-order valence-corrected chi connectivity index (χ1v) is 6.15. The molecule has 1 atom stereocenters. The number of rotatable bonds is 3. The van der Waals surface area contributed by atoms with Gasteiger partial charge in [0.2, 0.25) is 5.91 Å². The van der Waals surface area contributed by atoms with Crippen molar-refractivity contribution in [2.45, 2.75) is 32.2 Å². The number of carbonyl (C=O) groups is 1. The molecule has 4 nitrogen and oxygen atoms in total. The predicted molar refractivity (Wildman–Crippen MR) is 66.7 cm³/mol. The minimum Gasteiger partial charge on any atom is -0.352 e. The molecule has 1 amide bonds. The van der Waals surface area contributed by atoms with Crippen LogP contribution in [0.3, 0.4) is 0 Å². The topological polar surface area (TPSA) is 54.0 Å².